The normalized spacial score (nSPS) is 14.9. The first-order valence-electron chi connectivity index (χ1n) is 10.1. The Balaban J connectivity index is 1.43. The van der Waals surface area contributed by atoms with E-state index in [-0.39, 0.29) is 24.0 Å². The SMILES string of the molecule is C=CC(=O)N1CCc2ccc(CC(=O)c3ccc4cc5n(c4c3)CCNC5=O)cc21. The molecule has 0 fully saturated rings. The van der Waals surface area contributed by atoms with Crippen LogP contribution in [0.25, 0.3) is 10.9 Å². The summed E-state index contributed by atoms with van der Waals surface area (Å²) >= 11 is 0. The second-order valence-electron chi connectivity index (χ2n) is 7.72. The van der Waals surface area contributed by atoms with E-state index in [0.29, 0.717) is 30.9 Å². The standard InChI is InChI=1S/C24H21N3O3/c1-2-23(29)27-9-7-16-4-3-15(11-19(16)27)12-22(28)18-6-5-17-13-21-24(30)25-8-10-26(21)20(17)14-18/h2-6,11,13-14H,1,7-10,12H2,(H,25,30). The van der Waals surface area contributed by atoms with Gasteiger partial charge in [0.1, 0.15) is 5.69 Å². The molecule has 0 saturated heterocycles. The Morgan fingerprint density at radius 3 is 2.80 bits per heavy atom. The zero-order chi connectivity index (χ0) is 20.8. The predicted molar refractivity (Wildman–Crippen MR) is 115 cm³/mol. The molecule has 3 heterocycles. The topological polar surface area (TPSA) is 71.4 Å². The molecule has 2 aromatic carbocycles. The van der Waals surface area contributed by atoms with Gasteiger partial charge in [-0.05, 0) is 41.8 Å². The Labute approximate surface area is 173 Å². The highest BCUT2D eigenvalue weighted by Gasteiger charge is 2.24. The number of anilines is 1. The number of aromatic nitrogens is 1. The summed E-state index contributed by atoms with van der Waals surface area (Å²) in [7, 11) is 0. The molecule has 0 aliphatic carbocycles. The third-order valence-electron chi connectivity index (χ3n) is 5.93. The second kappa shape index (κ2) is 6.99. The average Bonchev–Trinajstić information content (AvgIpc) is 3.35. The Morgan fingerprint density at radius 2 is 1.97 bits per heavy atom. The minimum absolute atomic E-state index is 0.00672. The van der Waals surface area contributed by atoms with E-state index in [2.05, 4.69) is 11.9 Å². The first kappa shape index (κ1) is 18.4. The third kappa shape index (κ3) is 2.92. The van der Waals surface area contributed by atoms with Crippen LogP contribution in [0.5, 0.6) is 0 Å². The van der Waals surface area contributed by atoms with Gasteiger partial charge in [-0.2, -0.15) is 0 Å². The molecule has 6 nitrogen and oxygen atoms in total. The van der Waals surface area contributed by atoms with E-state index in [1.807, 2.05) is 47.0 Å². The van der Waals surface area contributed by atoms with Crippen LogP contribution in [0, 0.1) is 0 Å². The van der Waals surface area contributed by atoms with E-state index in [9.17, 15) is 14.4 Å². The number of nitrogens with one attached hydrogen (secondary N) is 1. The number of carbonyl (C=O) groups is 3. The van der Waals surface area contributed by atoms with Crippen LogP contribution in [-0.2, 0) is 24.2 Å². The number of Topliss-reactive ketones (excluding diaryl/α,β-unsaturated/α-hetero) is 1. The number of nitrogens with zero attached hydrogens (tertiary/aromatic N) is 2. The zero-order valence-corrected chi connectivity index (χ0v) is 16.5. The molecule has 0 radical (unpaired) electrons. The summed E-state index contributed by atoms with van der Waals surface area (Å²) in [4.78, 5) is 38.9. The van der Waals surface area contributed by atoms with E-state index in [1.165, 1.54) is 6.08 Å². The predicted octanol–water partition coefficient (Wildman–Crippen LogP) is 2.89. The highest BCUT2D eigenvalue weighted by molar-refractivity contribution is 6.04. The van der Waals surface area contributed by atoms with Gasteiger partial charge in [-0.3, -0.25) is 14.4 Å². The van der Waals surface area contributed by atoms with Crippen molar-refractivity contribution in [3.8, 4) is 0 Å². The van der Waals surface area contributed by atoms with E-state index >= 15 is 0 Å². The van der Waals surface area contributed by atoms with Crippen molar-refractivity contribution in [2.75, 3.05) is 18.0 Å². The molecule has 3 aromatic rings. The first-order chi connectivity index (χ1) is 14.5. The van der Waals surface area contributed by atoms with Crippen molar-refractivity contribution in [1.29, 1.82) is 0 Å². The van der Waals surface area contributed by atoms with Crippen LogP contribution in [0.3, 0.4) is 0 Å². The third-order valence-corrected chi connectivity index (χ3v) is 5.93. The lowest BCUT2D eigenvalue weighted by Crippen LogP contribution is -2.34. The van der Waals surface area contributed by atoms with Crippen LogP contribution in [-0.4, -0.2) is 35.3 Å². The molecular formula is C24H21N3O3. The maximum Gasteiger partial charge on any atom is 0.268 e. The Kier molecular flexibility index (Phi) is 4.28. The molecule has 0 atom stereocenters. The Bertz CT molecular complexity index is 1240. The summed E-state index contributed by atoms with van der Waals surface area (Å²) in [6.07, 6.45) is 2.39. The lowest BCUT2D eigenvalue weighted by molar-refractivity contribution is -0.114. The summed E-state index contributed by atoms with van der Waals surface area (Å²) in [5, 5.41) is 3.80. The second-order valence-corrected chi connectivity index (χ2v) is 7.72. The van der Waals surface area contributed by atoms with Crippen molar-refractivity contribution in [2.24, 2.45) is 0 Å². The molecular weight excluding hydrogens is 378 g/mol. The number of fused-ring (bicyclic) bond motifs is 4. The van der Waals surface area contributed by atoms with Gasteiger partial charge in [-0.15, -0.1) is 0 Å². The molecule has 0 bridgehead atoms. The lowest BCUT2D eigenvalue weighted by atomic mass is 10.00. The van der Waals surface area contributed by atoms with Crippen LogP contribution in [0.15, 0.2) is 55.1 Å². The largest absolute Gasteiger partial charge is 0.349 e. The number of carbonyl (C=O) groups excluding carboxylic acids is 3. The van der Waals surface area contributed by atoms with Crippen molar-refractivity contribution in [2.45, 2.75) is 19.4 Å². The number of hydrogen-bond acceptors (Lipinski definition) is 3. The highest BCUT2D eigenvalue weighted by atomic mass is 16.2. The average molecular weight is 399 g/mol. The van der Waals surface area contributed by atoms with Gasteiger partial charge in [0.25, 0.3) is 5.91 Å². The summed E-state index contributed by atoms with van der Waals surface area (Å²) in [6.45, 7) is 5.49. The van der Waals surface area contributed by atoms with Crippen molar-refractivity contribution < 1.29 is 14.4 Å². The zero-order valence-electron chi connectivity index (χ0n) is 16.5. The highest BCUT2D eigenvalue weighted by Crippen LogP contribution is 2.30. The molecule has 30 heavy (non-hydrogen) atoms. The van der Waals surface area contributed by atoms with Crippen molar-refractivity contribution in [3.63, 3.8) is 0 Å². The Morgan fingerprint density at radius 1 is 1.10 bits per heavy atom. The molecule has 2 amide bonds. The monoisotopic (exact) mass is 399 g/mol. The molecule has 0 spiro atoms. The fourth-order valence-corrected chi connectivity index (χ4v) is 4.39. The Hall–Kier alpha value is -3.67. The van der Waals surface area contributed by atoms with Crippen molar-refractivity contribution in [3.05, 3.63) is 77.5 Å². The van der Waals surface area contributed by atoms with Crippen LogP contribution in [0.4, 0.5) is 5.69 Å². The van der Waals surface area contributed by atoms with Gasteiger partial charge in [-0.25, -0.2) is 0 Å². The summed E-state index contributed by atoms with van der Waals surface area (Å²) in [6, 6.07) is 13.3. The van der Waals surface area contributed by atoms with E-state index in [4.69, 9.17) is 0 Å². The lowest BCUT2D eigenvalue weighted by Gasteiger charge is -2.17. The van der Waals surface area contributed by atoms with Gasteiger partial charge < -0.3 is 14.8 Å². The number of amides is 2. The first-order valence-corrected chi connectivity index (χ1v) is 10.1. The van der Waals surface area contributed by atoms with E-state index < -0.39 is 0 Å². The van der Waals surface area contributed by atoms with E-state index in [0.717, 1.165) is 34.1 Å². The summed E-state index contributed by atoms with van der Waals surface area (Å²) in [5.74, 6) is -0.195. The fraction of sp³-hybridized carbons (Fsp3) is 0.208. The smallest absolute Gasteiger partial charge is 0.268 e. The molecule has 150 valence electrons. The van der Waals surface area contributed by atoms with Gasteiger partial charge in [0.2, 0.25) is 5.91 Å². The molecule has 0 unspecified atom stereocenters. The molecule has 2 aliphatic rings. The maximum absolute atomic E-state index is 13.0. The molecule has 5 rings (SSSR count). The summed E-state index contributed by atoms with van der Waals surface area (Å²) in [5.41, 5.74) is 5.01. The minimum Gasteiger partial charge on any atom is -0.349 e. The van der Waals surface area contributed by atoms with Gasteiger partial charge in [0.15, 0.2) is 5.78 Å². The van der Waals surface area contributed by atoms with Gasteiger partial charge in [0.05, 0.1) is 0 Å². The van der Waals surface area contributed by atoms with Crippen LogP contribution in [0.1, 0.15) is 32.0 Å². The van der Waals surface area contributed by atoms with Gasteiger partial charge in [-0.1, -0.05) is 30.8 Å². The maximum atomic E-state index is 13.0. The van der Waals surface area contributed by atoms with Crippen molar-refractivity contribution >= 4 is 34.2 Å². The minimum atomic E-state index is -0.121. The number of rotatable bonds is 4. The van der Waals surface area contributed by atoms with Gasteiger partial charge >= 0.3 is 0 Å². The number of ketones is 1. The molecule has 2 aliphatic heterocycles. The van der Waals surface area contributed by atoms with E-state index in [1.54, 1.807) is 4.90 Å². The molecule has 6 heteroatoms. The quantitative estimate of drug-likeness (QED) is 0.542. The molecule has 1 N–H and O–H groups in total. The van der Waals surface area contributed by atoms with Crippen LogP contribution >= 0.6 is 0 Å². The summed E-state index contributed by atoms with van der Waals surface area (Å²) < 4.78 is 1.97. The van der Waals surface area contributed by atoms with Crippen LogP contribution < -0.4 is 10.2 Å². The van der Waals surface area contributed by atoms with Gasteiger partial charge in [0, 0.05) is 48.2 Å². The molecule has 0 saturated carbocycles. The fourth-order valence-electron chi connectivity index (χ4n) is 4.39. The molecule has 1 aromatic heterocycles. The van der Waals surface area contributed by atoms with Crippen molar-refractivity contribution in [1.82, 2.24) is 9.88 Å². The number of benzene rings is 2. The van der Waals surface area contributed by atoms with Crippen LogP contribution in [0.2, 0.25) is 0 Å². The number of hydrogen-bond donors (Lipinski definition) is 1.